The van der Waals surface area contributed by atoms with Gasteiger partial charge in [-0.05, 0) is 32.2 Å². The van der Waals surface area contributed by atoms with Crippen molar-refractivity contribution in [3.8, 4) is 0 Å². The number of hydrogen-bond acceptors (Lipinski definition) is 3. The fourth-order valence-electron chi connectivity index (χ4n) is 1.91. The van der Waals surface area contributed by atoms with Crippen LogP contribution in [0.25, 0.3) is 0 Å². The van der Waals surface area contributed by atoms with Gasteiger partial charge in [0, 0.05) is 6.54 Å². The Morgan fingerprint density at radius 2 is 2.00 bits per heavy atom. The lowest BCUT2D eigenvalue weighted by atomic mass is 10.0. The van der Waals surface area contributed by atoms with Gasteiger partial charge in [-0.3, -0.25) is 9.59 Å². The number of carbonyl (C=O) groups is 2. The Morgan fingerprint density at radius 1 is 1.28 bits per heavy atom. The summed E-state index contributed by atoms with van der Waals surface area (Å²) in [4.78, 5) is 23.6. The third-order valence-corrected chi connectivity index (χ3v) is 3.06. The highest BCUT2D eigenvalue weighted by Gasteiger charge is 2.23. The van der Waals surface area contributed by atoms with Crippen LogP contribution in [0.3, 0.4) is 0 Å². The largest absolute Gasteiger partial charge is 0.354 e. The molecule has 2 amide bonds. The first-order chi connectivity index (χ1) is 8.50. The Hall–Kier alpha value is -1.10. The maximum absolute atomic E-state index is 11.9. The highest BCUT2D eigenvalue weighted by molar-refractivity contribution is 5.89. The minimum absolute atomic E-state index is 0.0677. The van der Waals surface area contributed by atoms with E-state index in [1.165, 1.54) is 0 Å². The van der Waals surface area contributed by atoms with Crippen LogP contribution in [0.5, 0.6) is 0 Å². The Balaban J connectivity index is 2.31. The molecule has 0 aliphatic carbocycles. The summed E-state index contributed by atoms with van der Waals surface area (Å²) in [5.74, 6) is 0.228. The van der Waals surface area contributed by atoms with Gasteiger partial charge < -0.3 is 16.0 Å². The highest BCUT2D eigenvalue weighted by Crippen LogP contribution is 2.07. The first kappa shape index (κ1) is 15.0. The summed E-state index contributed by atoms with van der Waals surface area (Å²) in [6, 6.07) is -0.612. The molecule has 1 heterocycles. The molecule has 2 atom stereocenters. The van der Waals surface area contributed by atoms with Crippen molar-refractivity contribution in [2.45, 2.75) is 52.1 Å². The summed E-state index contributed by atoms with van der Waals surface area (Å²) < 4.78 is 0. The molecular weight excluding hydrogens is 230 g/mol. The second-order valence-corrected chi connectivity index (χ2v) is 5.37. The van der Waals surface area contributed by atoms with Crippen LogP contribution >= 0.6 is 0 Å². The number of carbonyl (C=O) groups excluding carboxylic acids is 2. The van der Waals surface area contributed by atoms with Crippen LogP contribution in [0.2, 0.25) is 0 Å². The van der Waals surface area contributed by atoms with Crippen molar-refractivity contribution in [3.05, 3.63) is 0 Å². The molecule has 18 heavy (non-hydrogen) atoms. The molecule has 1 fully saturated rings. The third-order valence-electron chi connectivity index (χ3n) is 3.06. The van der Waals surface area contributed by atoms with Crippen LogP contribution < -0.4 is 16.0 Å². The normalized spacial score (nSPS) is 21.4. The second kappa shape index (κ2) is 7.36. The molecule has 1 aliphatic heterocycles. The maximum atomic E-state index is 11.9. The third kappa shape index (κ3) is 5.04. The number of hydrogen-bond donors (Lipinski definition) is 3. The van der Waals surface area contributed by atoms with Crippen molar-refractivity contribution in [1.82, 2.24) is 16.0 Å². The summed E-state index contributed by atoms with van der Waals surface area (Å²) in [6.07, 6.45) is 3.04. The van der Waals surface area contributed by atoms with Gasteiger partial charge in [0.2, 0.25) is 11.8 Å². The van der Waals surface area contributed by atoms with Crippen LogP contribution in [0.1, 0.15) is 40.0 Å². The van der Waals surface area contributed by atoms with Crippen molar-refractivity contribution in [2.75, 3.05) is 13.1 Å². The van der Waals surface area contributed by atoms with E-state index in [4.69, 9.17) is 0 Å². The van der Waals surface area contributed by atoms with E-state index in [-0.39, 0.29) is 17.9 Å². The lowest BCUT2D eigenvalue weighted by Gasteiger charge is -2.24. The molecular formula is C13H25N3O2. The van der Waals surface area contributed by atoms with Crippen LogP contribution in [0.4, 0.5) is 0 Å². The zero-order valence-corrected chi connectivity index (χ0v) is 11.6. The molecule has 0 saturated carbocycles. The molecule has 0 aromatic carbocycles. The van der Waals surface area contributed by atoms with Crippen molar-refractivity contribution >= 4 is 11.8 Å². The quantitative estimate of drug-likeness (QED) is 0.666. The molecule has 5 heteroatoms. The van der Waals surface area contributed by atoms with E-state index in [2.05, 4.69) is 16.0 Å². The van der Waals surface area contributed by atoms with E-state index in [9.17, 15) is 9.59 Å². The second-order valence-electron chi connectivity index (χ2n) is 5.37. The molecule has 0 radical (unpaired) electrons. The van der Waals surface area contributed by atoms with Gasteiger partial charge in [0.25, 0.3) is 0 Å². The monoisotopic (exact) mass is 255 g/mol. The van der Waals surface area contributed by atoms with Gasteiger partial charge in [-0.1, -0.05) is 20.3 Å². The zero-order valence-electron chi connectivity index (χ0n) is 11.6. The van der Waals surface area contributed by atoms with Gasteiger partial charge in [-0.25, -0.2) is 0 Å². The smallest absolute Gasteiger partial charge is 0.242 e. The average molecular weight is 255 g/mol. The first-order valence-electron chi connectivity index (χ1n) is 6.82. The van der Waals surface area contributed by atoms with E-state index >= 15 is 0 Å². The van der Waals surface area contributed by atoms with E-state index < -0.39 is 6.04 Å². The Kier molecular flexibility index (Phi) is 6.12. The zero-order chi connectivity index (χ0) is 13.5. The Bertz CT molecular complexity index is 286. The van der Waals surface area contributed by atoms with Gasteiger partial charge in [0.1, 0.15) is 6.04 Å². The van der Waals surface area contributed by atoms with Crippen LogP contribution in [-0.4, -0.2) is 37.0 Å². The fraction of sp³-hybridized carbons (Fsp3) is 0.846. The highest BCUT2D eigenvalue weighted by atomic mass is 16.2. The van der Waals surface area contributed by atoms with Gasteiger partial charge in [0.15, 0.2) is 0 Å². The average Bonchev–Trinajstić information content (AvgIpc) is 2.36. The standard InChI is InChI=1S/C13H25N3O2/c1-9(2)8-15-12(17)10(3)16-13(18)11-6-4-5-7-14-11/h9-11,14H,4-8H2,1-3H3,(H,15,17)(H,16,18). The molecule has 2 unspecified atom stereocenters. The molecule has 0 aromatic heterocycles. The molecule has 104 valence electrons. The van der Waals surface area contributed by atoms with Gasteiger partial charge in [0.05, 0.1) is 6.04 Å². The number of nitrogens with one attached hydrogen (secondary N) is 3. The van der Waals surface area contributed by atoms with Crippen molar-refractivity contribution < 1.29 is 9.59 Å². The summed E-state index contributed by atoms with van der Waals surface area (Å²) >= 11 is 0. The predicted molar refractivity (Wildman–Crippen MR) is 71.1 cm³/mol. The van der Waals surface area contributed by atoms with E-state index in [1.54, 1.807) is 6.92 Å². The summed E-state index contributed by atoms with van der Waals surface area (Å²) in [7, 11) is 0. The summed E-state index contributed by atoms with van der Waals surface area (Å²) in [5.41, 5.74) is 0. The van der Waals surface area contributed by atoms with Crippen molar-refractivity contribution in [3.63, 3.8) is 0 Å². The lowest BCUT2D eigenvalue weighted by molar-refractivity contribution is -0.130. The minimum atomic E-state index is -0.472. The van der Waals surface area contributed by atoms with Gasteiger partial charge in [-0.2, -0.15) is 0 Å². The van der Waals surface area contributed by atoms with Gasteiger partial charge >= 0.3 is 0 Å². The molecule has 3 N–H and O–H groups in total. The Morgan fingerprint density at radius 3 is 2.56 bits per heavy atom. The van der Waals surface area contributed by atoms with Crippen molar-refractivity contribution in [1.29, 1.82) is 0 Å². The van der Waals surface area contributed by atoms with Gasteiger partial charge in [-0.15, -0.1) is 0 Å². The first-order valence-corrected chi connectivity index (χ1v) is 6.82. The van der Waals surface area contributed by atoms with Crippen LogP contribution in [-0.2, 0) is 9.59 Å². The van der Waals surface area contributed by atoms with Crippen LogP contribution in [0.15, 0.2) is 0 Å². The Labute approximate surface area is 109 Å². The molecule has 0 aromatic rings. The van der Waals surface area contributed by atoms with E-state index in [0.29, 0.717) is 12.5 Å². The predicted octanol–water partition coefficient (Wildman–Crippen LogP) is 0.405. The topological polar surface area (TPSA) is 70.2 Å². The van der Waals surface area contributed by atoms with E-state index in [1.807, 2.05) is 13.8 Å². The number of piperidine rings is 1. The molecule has 0 bridgehead atoms. The summed E-state index contributed by atoms with van der Waals surface area (Å²) in [6.45, 7) is 7.31. The molecule has 1 aliphatic rings. The molecule has 1 saturated heterocycles. The van der Waals surface area contributed by atoms with E-state index in [0.717, 1.165) is 25.8 Å². The molecule has 0 spiro atoms. The SMILES string of the molecule is CC(C)CNC(=O)C(C)NC(=O)C1CCCCN1. The maximum Gasteiger partial charge on any atom is 0.242 e. The number of rotatable bonds is 5. The molecule has 1 rings (SSSR count). The lowest BCUT2D eigenvalue weighted by Crippen LogP contribution is -2.53. The number of amides is 2. The summed E-state index contributed by atoms with van der Waals surface area (Å²) in [5, 5.41) is 8.75. The van der Waals surface area contributed by atoms with Crippen LogP contribution in [0, 0.1) is 5.92 Å². The molecule has 5 nitrogen and oxygen atoms in total. The van der Waals surface area contributed by atoms with Crippen molar-refractivity contribution in [2.24, 2.45) is 5.92 Å². The minimum Gasteiger partial charge on any atom is -0.354 e. The fourth-order valence-corrected chi connectivity index (χ4v) is 1.91.